The number of hydrogen-bond acceptors (Lipinski definition) is 7. The van der Waals surface area contributed by atoms with Gasteiger partial charge >= 0.3 is 5.97 Å². The molecular formula is C38H32ClN3O5S. The van der Waals surface area contributed by atoms with Crippen LogP contribution in [0.25, 0.3) is 16.3 Å². The largest absolute Gasteiger partial charge is 0.496 e. The Morgan fingerprint density at radius 3 is 2.46 bits per heavy atom. The summed E-state index contributed by atoms with van der Waals surface area (Å²) in [5.41, 5.74) is 3.67. The number of allylic oxidation sites excluding steroid dienone is 1. The first-order chi connectivity index (χ1) is 23.4. The highest BCUT2D eigenvalue weighted by Crippen LogP contribution is 2.41. The summed E-state index contributed by atoms with van der Waals surface area (Å²) in [4.78, 5) is 50.1. The molecule has 3 heterocycles. The Morgan fingerprint density at radius 2 is 1.71 bits per heavy atom. The van der Waals surface area contributed by atoms with Crippen molar-refractivity contribution in [2.45, 2.75) is 39.3 Å². The van der Waals surface area contributed by atoms with Crippen LogP contribution in [0.1, 0.15) is 49.4 Å². The topological polar surface area (TPSA) is 90.2 Å². The van der Waals surface area contributed by atoms with Crippen molar-refractivity contribution in [3.63, 3.8) is 0 Å². The fourth-order valence-corrected chi connectivity index (χ4v) is 7.84. The molecule has 0 radical (unpaired) electrons. The normalized spacial score (nSPS) is 16.5. The first-order valence-corrected chi connectivity index (χ1v) is 17.0. The van der Waals surface area contributed by atoms with Gasteiger partial charge in [-0.3, -0.25) is 14.2 Å². The fourth-order valence-electron chi connectivity index (χ4n) is 6.61. The fraction of sp³-hybridized carbons (Fsp3) is 0.211. The molecule has 0 bridgehead atoms. The van der Waals surface area contributed by atoms with E-state index in [2.05, 4.69) is 0 Å². The summed E-state index contributed by atoms with van der Waals surface area (Å²) in [6, 6.07) is 25.5. The number of anilines is 1. The molecular weight excluding hydrogens is 646 g/mol. The number of nitrogens with zero attached hydrogens (tertiary/aromatic N) is 3. The van der Waals surface area contributed by atoms with E-state index in [1.807, 2.05) is 79.7 Å². The molecule has 0 aliphatic carbocycles. The van der Waals surface area contributed by atoms with Crippen molar-refractivity contribution in [2.24, 2.45) is 4.99 Å². The molecule has 48 heavy (non-hydrogen) atoms. The Labute approximate surface area is 285 Å². The van der Waals surface area contributed by atoms with Crippen LogP contribution < -0.4 is 24.5 Å². The third kappa shape index (κ3) is 5.23. The molecule has 1 atom stereocenters. The molecule has 0 unspecified atom stereocenters. The molecule has 7 rings (SSSR count). The predicted molar refractivity (Wildman–Crippen MR) is 188 cm³/mol. The molecule has 10 heteroatoms. The van der Waals surface area contributed by atoms with Gasteiger partial charge in [0.2, 0.25) is 0 Å². The van der Waals surface area contributed by atoms with Gasteiger partial charge in [0.1, 0.15) is 16.3 Å². The van der Waals surface area contributed by atoms with Crippen LogP contribution in [0.4, 0.5) is 5.69 Å². The van der Waals surface area contributed by atoms with Crippen molar-refractivity contribution >= 4 is 56.8 Å². The minimum atomic E-state index is -0.908. The average Bonchev–Trinajstić information content (AvgIpc) is 3.56. The number of hydrogen-bond donors (Lipinski definition) is 0. The third-order valence-electron chi connectivity index (χ3n) is 8.70. The molecule has 2 aliphatic heterocycles. The van der Waals surface area contributed by atoms with E-state index in [0.717, 1.165) is 16.3 Å². The van der Waals surface area contributed by atoms with Crippen molar-refractivity contribution in [2.75, 3.05) is 18.6 Å². The molecule has 1 aromatic heterocycles. The van der Waals surface area contributed by atoms with E-state index < -0.39 is 17.6 Å². The molecule has 0 saturated carbocycles. The van der Waals surface area contributed by atoms with Gasteiger partial charge in [0.15, 0.2) is 4.80 Å². The Hall–Kier alpha value is -4.99. The maximum absolute atomic E-state index is 14.9. The number of fused-ring (bicyclic) bond motifs is 3. The zero-order valence-corrected chi connectivity index (χ0v) is 28.2. The minimum Gasteiger partial charge on any atom is -0.496 e. The standard InChI is InChI=1S/C38H32ClN3O5S/c1-4-10-27-32(37(45)47-5-2)33(30-25-12-7-6-11-23(25)17-20-29(30)46-3)42-36(44)34(48-38(42)40-27)31-26-13-8-9-14-28(26)41(35(31)43)21-22-15-18-24(39)19-16-22/h6-9,11-20,33H,4-5,10,21H2,1-3H3/b34-31+/t33-/m0/s1. The molecule has 5 aromatic rings. The molecule has 0 saturated heterocycles. The Morgan fingerprint density at radius 1 is 0.958 bits per heavy atom. The smallest absolute Gasteiger partial charge is 0.338 e. The van der Waals surface area contributed by atoms with Crippen LogP contribution >= 0.6 is 22.9 Å². The number of amides is 1. The molecule has 242 valence electrons. The molecule has 0 spiro atoms. The highest BCUT2D eigenvalue weighted by atomic mass is 35.5. The minimum absolute atomic E-state index is 0.157. The van der Waals surface area contributed by atoms with E-state index in [1.165, 1.54) is 11.3 Å². The number of carbonyl (C=O) groups is 2. The van der Waals surface area contributed by atoms with E-state index in [-0.39, 0.29) is 17.0 Å². The zero-order valence-electron chi connectivity index (χ0n) is 26.7. The number of benzene rings is 4. The van der Waals surface area contributed by atoms with E-state index in [0.29, 0.717) is 68.6 Å². The van der Waals surface area contributed by atoms with Crippen LogP contribution in [0.2, 0.25) is 5.02 Å². The van der Waals surface area contributed by atoms with Gasteiger partial charge in [-0.1, -0.05) is 96.9 Å². The number of ether oxygens (including phenoxy) is 2. The van der Waals surface area contributed by atoms with Gasteiger partial charge in [-0.2, -0.15) is 0 Å². The van der Waals surface area contributed by atoms with Crippen LogP contribution in [0, 0.1) is 0 Å². The second-order valence-electron chi connectivity index (χ2n) is 11.5. The van der Waals surface area contributed by atoms with E-state index in [1.54, 1.807) is 35.6 Å². The number of methoxy groups -OCH3 is 1. The number of halogens is 1. The molecule has 1 amide bonds. The van der Waals surface area contributed by atoms with Crippen LogP contribution in [-0.4, -0.2) is 30.2 Å². The monoisotopic (exact) mass is 677 g/mol. The summed E-state index contributed by atoms with van der Waals surface area (Å²) >= 11 is 7.29. The van der Waals surface area contributed by atoms with E-state index in [9.17, 15) is 14.4 Å². The Balaban J connectivity index is 1.52. The molecule has 8 nitrogen and oxygen atoms in total. The third-order valence-corrected chi connectivity index (χ3v) is 10.0. The highest BCUT2D eigenvalue weighted by molar-refractivity contribution is 7.07. The lowest BCUT2D eigenvalue weighted by atomic mass is 9.90. The van der Waals surface area contributed by atoms with Crippen LogP contribution in [0.3, 0.4) is 0 Å². The van der Waals surface area contributed by atoms with E-state index >= 15 is 0 Å². The summed E-state index contributed by atoms with van der Waals surface area (Å²) < 4.78 is 13.3. The summed E-state index contributed by atoms with van der Waals surface area (Å²) in [5, 5.41) is 2.36. The van der Waals surface area contributed by atoms with Crippen molar-refractivity contribution in [3.05, 3.63) is 138 Å². The van der Waals surface area contributed by atoms with Crippen molar-refractivity contribution in [1.82, 2.24) is 4.57 Å². The first kappa shape index (κ1) is 31.6. The molecule has 4 aromatic carbocycles. The predicted octanol–water partition coefficient (Wildman–Crippen LogP) is 6.31. The first-order valence-electron chi connectivity index (χ1n) is 15.8. The Kier molecular flexibility index (Phi) is 8.49. The maximum Gasteiger partial charge on any atom is 0.338 e. The summed E-state index contributed by atoms with van der Waals surface area (Å²) in [5.74, 6) is -0.305. The maximum atomic E-state index is 14.9. The number of rotatable bonds is 8. The number of carbonyl (C=O) groups excluding carboxylic acids is 2. The van der Waals surface area contributed by atoms with E-state index in [4.69, 9.17) is 26.1 Å². The summed E-state index contributed by atoms with van der Waals surface area (Å²) in [7, 11) is 1.57. The van der Waals surface area contributed by atoms with Crippen molar-refractivity contribution in [3.8, 4) is 5.75 Å². The lowest BCUT2D eigenvalue weighted by Gasteiger charge is -2.28. The number of thiazole rings is 1. The van der Waals surface area contributed by atoms with Gasteiger partial charge in [-0.15, -0.1) is 0 Å². The zero-order chi connectivity index (χ0) is 33.5. The quantitative estimate of drug-likeness (QED) is 0.180. The van der Waals surface area contributed by atoms with Crippen LogP contribution in [0.5, 0.6) is 5.75 Å². The van der Waals surface area contributed by atoms with Gasteiger partial charge in [0.05, 0.1) is 42.8 Å². The SMILES string of the molecule is CCCC1=C(C(=O)OCC)[C@H](c2c(OC)ccc3ccccc23)n2c(s/c(=C3/C(=O)N(Cc4ccc(Cl)cc4)c4ccccc43)c2=O)=N1. The molecule has 0 N–H and O–H groups in total. The lowest BCUT2D eigenvalue weighted by molar-refractivity contribution is -0.139. The molecule has 2 aliphatic rings. The molecule has 0 fully saturated rings. The summed E-state index contributed by atoms with van der Waals surface area (Å²) in [6.45, 7) is 4.23. The van der Waals surface area contributed by atoms with Gasteiger partial charge < -0.3 is 14.4 Å². The summed E-state index contributed by atoms with van der Waals surface area (Å²) in [6.07, 6.45) is 1.21. The number of esters is 1. The van der Waals surface area contributed by atoms with Crippen molar-refractivity contribution < 1.29 is 19.1 Å². The van der Waals surface area contributed by atoms with Crippen LogP contribution in [0.15, 0.2) is 106 Å². The van der Waals surface area contributed by atoms with Gasteiger partial charge in [-0.25, -0.2) is 9.79 Å². The number of para-hydroxylation sites is 1. The highest BCUT2D eigenvalue weighted by Gasteiger charge is 2.39. The van der Waals surface area contributed by atoms with Gasteiger partial charge in [-0.05, 0) is 53.9 Å². The van der Waals surface area contributed by atoms with Crippen LogP contribution in [-0.2, 0) is 20.9 Å². The van der Waals surface area contributed by atoms with Gasteiger partial charge in [0, 0.05) is 16.1 Å². The lowest BCUT2D eigenvalue weighted by Crippen LogP contribution is -2.41. The number of aromatic nitrogens is 1. The van der Waals surface area contributed by atoms with Crippen molar-refractivity contribution in [1.29, 1.82) is 0 Å². The Bertz CT molecular complexity index is 2320. The second kappa shape index (κ2) is 12.9. The average molecular weight is 678 g/mol. The second-order valence-corrected chi connectivity index (χ2v) is 13.0. The van der Waals surface area contributed by atoms with Gasteiger partial charge in [0.25, 0.3) is 11.5 Å².